The minimum absolute atomic E-state index is 0.221. The van der Waals surface area contributed by atoms with Gasteiger partial charge in [0.1, 0.15) is 10.8 Å². The summed E-state index contributed by atoms with van der Waals surface area (Å²) >= 11 is 1.26. The zero-order chi connectivity index (χ0) is 21.3. The average molecular weight is 425 g/mol. The summed E-state index contributed by atoms with van der Waals surface area (Å²) in [4.78, 5) is 24.8. The predicted octanol–water partition coefficient (Wildman–Crippen LogP) is 4.07. The van der Waals surface area contributed by atoms with Gasteiger partial charge in [-0.3, -0.25) is 9.59 Å². The number of carbonyl (C=O) groups is 2. The second-order valence-electron chi connectivity index (χ2n) is 6.56. The molecule has 0 radical (unpaired) electrons. The molecule has 0 aliphatic carbocycles. The Balaban J connectivity index is 1.56. The van der Waals surface area contributed by atoms with Crippen LogP contribution < -0.4 is 15.4 Å². The van der Waals surface area contributed by atoms with Gasteiger partial charge >= 0.3 is 0 Å². The molecule has 1 heterocycles. The molecule has 156 valence electrons. The molecule has 2 aromatic carbocycles. The number of amides is 2. The highest BCUT2D eigenvalue weighted by Gasteiger charge is 2.13. The Morgan fingerprint density at radius 3 is 2.53 bits per heavy atom. The third-order valence-corrected chi connectivity index (χ3v) is 5.26. The van der Waals surface area contributed by atoms with Crippen LogP contribution in [0.2, 0.25) is 0 Å². The van der Waals surface area contributed by atoms with Crippen molar-refractivity contribution in [1.29, 1.82) is 0 Å². The van der Waals surface area contributed by atoms with Gasteiger partial charge in [0.25, 0.3) is 11.8 Å². The van der Waals surface area contributed by atoms with Crippen molar-refractivity contribution >= 4 is 28.8 Å². The quantitative estimate of drug-likeness (QED) is 0.540. The Morgan fingerprint density at radius 2 is 1.83 bits per heavy atom. The molecule has 2 N–H and O–H groups in total. The molecule has 0 bridgehead atoms. The van der Waals surface area contributed by atoms with E-state index >= 15 is 0 Å². The van der Waals surface area contributed by atoms with E-state index in [4.69, 9.17) is 4.74 Å². The largest absolute Gasteiger partial charge is 0.494 e. The van der Waals surface area contributed by atoms with Crippen LogP contribution in [0.15, 0.2) is 48.5 Å². The standard InChI is InChI=1S/C22H24N4O3S/c1-3-12-29-18-10-8-15(9-11-18)14-23-20(27)16-6-5-7-17(13-16)24-21(28)22-26-25-19(4-2)30-22/h5-11,13H,3-4,12,14H2,1-2H3,(H,23,27)(H,24,28). The van der Waals surface area contributed by atoms with Gasteiger partial charge in [0.05, 0.1) is 6.61 Å². The molecule has 0 aliphatic heterocycles. The Kier molecular flexibility index (Phi) is 7.51. The van der Waals surface area contributed by atoms with E-state index in [2.05, 4.69) is 27.8 Å². The lowest BCUT2D eigenvalue weighted by Gasteiger charge is -2.09. The fraction of sp³-hybridized carbons (Fsp3) is 0.273. The fourth-order valence-electron chi connectivity index (χ4n) is 2.62. The average Bonchev–Trinajstić information content (AvgIpc) is 3.26. The molecule has 0 fully saturated rings. The van der Waals surface area contributed by atoms with Crippen LogP contribution in [0.5, 0.6) is 5.75 Å². The molecule has 0 spiro atoms. The Labute approximate surface area is 179 Å². The smallest absolute Gasteiger partial charge is 0.286 e. The van der Waals surface area contributed by atoms with Gasteiger partial charge in [-0.05, 0) is 48.7 Å². The highest BCUT2D eigenvalue weighted by molar-refractivity contribution is 7.13. The molecule has 0 atom stereocenters. The summed E-state index contributed by atoms with van der Waals surface area (Å²) in [6.07, 6.45) is 1.69. The van der Waals surface area contributed by atoms with Crippen molar-refractivity contribution in [3.8, 4) is 5.75 Å². The SMILES string of the molecule is CCCOc1ccc(CNC(=O)c2cccc(NC(=O)c3nnc(CC)s3)c2)cc1. The fourth-order valence-corrected chi connectivity index (χ4v) is 3.29. The molecule has 0 unspecified atom stereocenters. The lowest BCUT2D eigenvalue weighted by Crippen LogP contribution is -2.23. The highest BCUT2D eigenvalue weighted by atomic mass is 32.1. The molecular weight excluding hydrogens is 400 g/mol. The van der Waals surface area contributed by atoms with Crippen molar-refractivity contribution in [3.63, 3.8) is 0 Å². The van der Waals surface area contributed by atoms with Crippen LogP contribution in [0.4, 0.5) is 5.69 Å². The Hall–Kier alpha value is -3.26. The molecule has 3 aromatic rings. The van der Waals surface area contributed by atoms with Crippen LogP contribution in [-0.2, 0) is 13.0 Å². The van der Waals surface area contributed by atoms with Crippen molar-refractivity contribution in [2.24, 2.45) is 0 Å². The van der Waals surface area contributed by atoms with Gasteiger partial charge in [-0.1, -0.05) is 43.4 Å². The number of anilines is 1. The molecule has 0 saturated carbocycles. The molecule has 30 heavy (non-hydrogen) atoms. The molecule has 7 nitrogen and oxygen atoms in total. The number of hydrogen-bond donors (Lipinski definition) is 2. The highest BCUT2D eigenvalue weighted by Crippen LogP contribution is 2.16. The monoisotopic (exact) mass is 424 g/mol. The lowest BCUT2D eigenvalue weighted by molar-refractivity contribution is 0.0949. The Bertz CT molecular complexity index is 1000. The van der Waals surface area contributed by atoms with E-state index < -0.39 is 0 Å². The maximum atomic E-state index is 12.5. The van der Waals surface area contributed by atoms with Gasteiger partial charge in [0, 0.05) is 17.8 Å². The van der Waals surface area contributed by atoms with Crippen molar-refractivity contribution in [1.82, 2.24) is 15.5 Å². The zero-order valence-electron chi connectivity index (χ0n) is 17.0. The van der Waals surface area contributed by atoms with E-state index in [0.717, 1.165) is 29.2 Å². The number of aromatic nitrogens is 2. The number of carbonyl (C=O) groups excluding carboxylic acids is 2. The number of hydrogen-bond acceptors (Lipinski definition) is 6. The molecule has 8 heteroatoms. The number of aryl methyl sites for hydroxylation is 1. The van der Waals surface area contributed by atoms with Crippen molar-refractivity contribution in [2.45, 2.75) is 33.2 Å². The van der Waals surface area contributed by atoms with E-state index in [9.17, 15) is 9.59 Å². The normalized spacial score (nSPS) is 10.5. The van der Waals surface area contributed by atoms with Crippen LogP contribution in [-0.4, -0.2) is 28.6 Å². The molecule has 1 aromatic heterocycles. The van der Waals surface area contributed by atoms with E-state index in [1.807, 2.05) is 31.2 Å². The van der Waals surface area contributed by atoms with Gasteiger partial charge in [0.2, 0.25) is 5.01 Å². The third kappa shape index (κ3) is 5.87. The Morgan fingerprint density at radius 1 is 1.03 bits per heavy atom. The topological polar surface area (TPSA) is 93.2 Å². The molecular formula is C22H24N4O3S. The first-order chi connectivity index (χ1) is 14.6. The van der Waals surface area contributed by atoms with Gasteiger partial charge in [0.15, 0.2) is 0 Å². The second-order valence-corrected chi connectivity index (χ2v) is 7.63. The van der Waals surface area contributed by atoms with Crippen molar-refractivity contribution in [3.05, 3.63) is 69.7 Å². The summed E-state index contributed by atoms with van der Waals surface area (Å²) in [5.41, 5.74) is 1.96. The first-order valence-electron chi connectivity index (χ1n) is 9.82. The number of benzene rings is 2. The van der Waals surface area contributed by atoms with Crippen LogP contribution in [0.1, 0.15) is 51.0 Å². The summed E-state index contributed by atoms with van der Waals surface area (Å²) in [6, 6.07) is 14.4. The number of nitrogens with zero attached hydrogens (tertiary/aromatic N) is 2. The van der Waals surface area contributed by atoms with Crippen LogP contribution >= 0.6 is 11.3 Å². The molecule has 0 saturated heterocycles. The minimum Gasteiger partial charge on any atom is -0.494 e. The summed E-state index contributed by atoms with van der Waals surface area (Å²) < 4.78 is 5.56. The van der Waals surface area contributed by atoms with Gasteiger partial charge in [-0.2, -0.15) is 0 Å². The maximum Gasteiger partial charge on any atom is 0.286 e. The van der Waals surface area contributed by atoms with Crippen LogP contribution in [0.25, 0.3) is 0 Å². The second kappa shape index (κ2) is 10.5. The van der Waals surface area contributed by atoms with Crippen LogP contribution in [0, 0.1) is 0 Å². The van der Waals surface area contributed by atoms with Gasteiger partial charge in [-0.25, -0.2) is 0 Å². The van der Waals surface area contributed by atoms with E-state index in [-0.39, 0.29) is 11.8 Å². The summed E-state index contributed by atoms with van der Waals surface area (Å²) in [6.45, 7) is 5.09. The van der Waals surface area contributed by atoms with E-state index in [0.29, 0.717) is 29.4 Å². The first kappa shape index (κ1) is 21.4. The third-order valence-electron chi connectivity index (χ3n) is 4.20. The summed E-state index contributed by atoms with van der Waals surface area (Å²) in [5, 5.41) is 14.6. The van der Waals surface area contributed by atoms with E-state index in [1.165, 1.54) is 11.3 Å². The predicted molar refractivity (Wildman–Crippen MR) is 117 cm³/mol. The molecule has 3 rings (SSSR count). The summed E-state index contributed by atoms with van der Waals surface area (Å²) in [5.74, 6) is 0.258. The first-order valence-corrected chi connectivity index (χ1v) is 10.6. The van der Waals surface area contributed by atoms with Crippen molar-refractivity contribution < 1.29 is 14.3 Å². The summed E-state index contributed by atoms with van der Waals surface area (Å²) in [7, 11) is 0. The van der Waals surface area contributed by atoms with Crippen LogP contribution in [0.3, 0.4) is 0 Å². The lowest BCUT2D eigenvalue weighted by atomic mass is 10.1. The van der Waals surface area contributed by atoms with Gasteiger partial charge in [-0.15, -0.1) is 10.2 Å². The van der Waals surface area contributed by atoms with Gasteiger partial charge < -0.3 is 15.4 Å². The maximum absolute atomic E-state index is 12.5. The number of rotatable bonds is 9. The minimum atomic E-state index is -0.338. The zero-order valence-corrected chi connectivity index (χ0v) is 17.8. The number of nitrogens with one attached hydrogen (secondary N) is 2. The van der Waals surface area contributed by atoms with E-state index in [1.54, 1.807) is 24.3 Å². The number of ether oxygens (including phenoxy) is 1. The van der Waals surface area contributed by atoms with Crippen molar-refractivity contribution in [2.75, 3.05) is 11.9 Å². The molecule has 0 aliphatic rings. The molecule has 2 amide bonds.